The first-order chi connectivity index (χ1) is 12.6. The zero-order chi connectivity index (χ0) is 18.8. The number of ether oxygens (including phenoxy) is 1. The van der Waals surface area contributed by atoms with Crippen molar-refractivity contribution in [2.24, 2.45) is 0 Å². The summed E-state index contributed by atoms with van der Waals surface area (Å²) in [5.41, 5.74) is 0.342. The Morgan fingerprint density at radius 1 is 1.19 bits per heavy atom. The highest BCUT2D eigenvalue weighted by Crippen LogP contribution is 2.25. The van der Waals surface area contributed by atoms with Crippen LogP contribution in [0.15, 0.2) is 46.9 Å². The zero-order valence-electron chi connectivity index (χ0n) is 14.7. The molecule has 0 fully saturated rings. The third kappa shape index (κ3) is 6.20. The maximum atomic E-state index is 13.7. The molecule has 0 aliphatic carbocycles. The number of unbranched alkanes of at least 4 members (excludes halogenated alkanes) is 2. The molecule has 6 heteroatoms. The molecular weight excluding hydrogens is 337 g/mol. The molecule has 0 bridgehead atoms. The number of carbonyl (C=O) groups is 2. The smallest absolute Gasteiger partial charge is 0.331 e. The van der Waals surface area contributed by atoms with E-state index in [2.05, 4.69) is 12.2 Å². The molecular formula is C20H22FNO4. The van der Waals surface area contributed by atoms with Crippen molar-refractivity contribution >= 4 is 18.0 Å². The van der Waals surface area contributed by atoms with Gasteiger partial charge in [0, 0.05) is 12.6 Å². The van der Waals surface area contributed by atoms with Gasteiger partial charge in [0.1, 0.15) is 17.3 Å². The molecule has 0 unspecified atom stereocenters. The number of furan rings is 1. The number of benzene rings is 1. The molecule has 2 rings (SSSR count). The van der Waals surface area contributed by atoms with E-state index < -0.39 is 5.97 Å². The lowest BCUT2D eigenvalue weighted by Gasteiger charge is -2.04. The Balaban J connectivity index is 1.80. The Kier molecular flexibility index (Phi) is 7.61. The van der Waals surface area contributed by atoms with Crippen LogP contribution >= 0.6 is 0 Å². The van der Waals surface area contributed by atoms with Crippen LogP contribution < -0.4 is 5.32 Å². The highest BCUT2D eigenvalue weighted by Gasteiger charge is 2.08. The van der Waals surface area contributed by atoms with E-state index in [0.717, 1.165) is 25.3 Å². The summed E-state index contributed by atoms with van der Waals surface area (Å²) in [5, 5.41) is 2.68. The van der Waals surface area contributed by atoms with Gasteiger partial charge in [-0.25, -0.2) is 9.18 Å². The van der Waals surface area contributed by atoms with Crippen molar-refractivity contribution in [1.82, 2.24) is 5.32 Å². The topological polar surface area (TPSA) is 68.5 Å². The SMILES string of the molecule is CCCCCNC(=O)COC(=O)/C=C/c1ccc(-c2ccccc2F)o1. The second-order valence-electron chi connectivity index (χ2n) is 5.68. The van der Waals surface area contributed by atoms with Crippen LogP contribution in [0.25, 0.3) is 17.4 Å². The van der Waals surface area contributed by atoms with Gasteiger partial charge >= 0.3 is 5.97 Å². The first-order valence-corrected chi connectivity index (χ1v) is 8.56. The summed E-state index contributed by atoms with van der Waals surface area (Å²) in [5.74, 6) is -0.631. The minimum absolute atomic E-state index is 0.325. The van der Waals surface area contributed by atoms with Crippen LogP contribution in [0.4, 0.5) is 4.39 Å². The van der Waals surface area contributed by atoms with Gasteiger partial charge in [-0.2, -0.15) is 0 Å². The Morgan fingerprint density at radius 3 is 2.77 bits per heavy atom. The third-order valence-corrected chi connectivity index (χ3v) is 3.60. The molecule has 0 aliphatic heterocycles. The number of rotatable bonds is 9. The summed E-state index contributed by atoms with van der Waals surface area (Å²) in [6.45, 7) is 2.33. The van der Waals surface area contributed by atoms with Gasteiger partial charge in [-0.05, 0) is 36.8 Å². The van der Waals surface area contributed by atoms with Crippen molar-refractivity contribution in [2.75, 3.05) is 13.2 Å². The van der Waals surface area contributed by atoms with Crippen molar-refractivity contribution in [3.63, 3.8) is 0 Å². The van der Waals surface area contributed by atoms with Gasteiger partial charge in [-0.1, -0.05) is 31.9 Å². The number of hydrogen-bond donors (Lipinski definition) is 1. The van der Waals surface area contributed by atoms with Crippen LogP contribution in [0.5, 0.6) is 0 Å². The van der Waals surface area contributed by atoms with Crippen LogP contribution in [0, 0.1) is 5.82 Å². The third-order valence-electron chi connectivity index (χ3n) is 3.60. The summed E-state index contributed by atoms with van der Waals surface area (Å²) in [6, 6.07) is 9.49. The number of halogens is 1. The molecule has 1 amide bonds. The van der Waals surface area contributed by atoms with E-state index in [9.17, 15) is 14.0 Å². The highest BCUT2D eigenvalue weighted by molar-refractivity contribution is 5.89. The van der Waals surface area contributed by atoms with Gasteiger partial charge < -0.3 is 14.5 Å². The maximum Gasteiger partial charge on any atom is 0.331 e. The quantitative estimate of drug-likeness (QED) is 0.418. The maximum absolute atomic E-state index is 13.7. The van der Waals surface area contributed by atoms with Crippen molar-refractivity contribution in [1.29, 1.82) is 0 Å². The van der Waals surface area contributed by atoms with E-state index in [0.29, 0.717) is 23.6 Å². The molecule has 2 aromatic rings. The first-order valence-electron chi connectivity index (χ1n) is 8.56. The van der Waals surface area contributed by atoms with Gasteiger partial charge in [0.05, 0.1) is 5.56 Å². The second kappa shape index (κ2) is 10.2. The number of hydrogen-bond acceptors (Lipinski definition) is 4. The normalized spacial score (nSPS) is 10.8. The molecule has 0 radical (unpaired) electrons. The van der Waals surface area contributed by atoms with Gasteiger partial charge in [-0.15, -0.1) is 0 Å². The minimum Gasteiger partial charge on any atom is -0.457 e. The predicted molar refractivity (Wildman–Crippen MR) is 96.6 cm³/mol. The molecule has 1 aromatic carbocycles. The largest absolute Gasteiger partial charge is 0.457 e. The summed E-state index contributed by atoms with van der Waals surface area (Å²) in [4.78, 5) is 23.1. The lowest BCUT2D eigenvalue weighted by molar-refractivity contribution is -0.143. The molecule has 5 nitrogen and oxygen atoms in total. The van der Waals surface area contributed by atoms with E-state index in [1.54, 1.807) is 30.3 Å². The Labute approximate surface area is 151 Å². The molecule has 0 aliphatic rings. The lowest BCUT2D eigenvalue weighted by Crippen LogP contribution is -2.29. The molecule has 1 N–H and O–H groups in total. The average Bonchev–Trinajstić information content (AvgIpc) is 3.11. The molecule has 1 aromatic heterocycles. The van der Waals surface area contributed by atoms with E-state index in [1.165, 1.54) is 12.1 Å². The zero-order valence-corrected chi connectivity index (χ0v) is 14.7. The Hall–Kier alpha value is -2.89. The molecule has 0 saturated heterocycles. The van der Waals surface area contributed by atoms with Crippen molar-refractivity contribution < 1.29 is 23.1 Å². The van der Waals surface area contributed by atoms with Gasteiger partial charge in [0.2, 0.25) is 0 Å². The summed E-state index contributed by atoms with van der Waals surface area (Å²) >= 11 is 0. The first kappa shape index (κ1) is 19.4. The van der Waals surface area contributed by atoms with E-state index in [1.807, 2.05) is 0 Å². The number of carbonyl (C=O) groups excluding carboxylic acids is 2. The molecule has 26 heavy (non-hydrogen) atoms. The van der Waals surface area contributed by atoms with Gasteiger partial charge in [-0.3, -0.25) is 4.79 Å². The van der Waals surface area contributed by atoms with Crippen molar-refractivity contribution in [3.8, 4) is 11.3 Å². The number of esters is 1. The molecule has 0 atom stereocenters. The van der Waals surface area contributed by atoms with Crippen LogP contribution in [-0.2, 0) is 14.3 Å². The van der Waals surface area contributed by atoms with E-state index in [4.69, 9.17) is 9.15 Å². The van der Waals surface area contributed by atoms with Crippen molar-refractivity contribution in [2.45, 2.75) is 26.2 Å². The van der Waals surface area contributed by atoms with Crippen LogP contribution in [0.1, 0.15) is 31.9 Å². The number of nitrogens with one attached hydrogen (secondary N) is 1. The average molecular weight is 359 g/mol. The highest BCUT2D eigenvalue weighted by atomic mass is 19.1. The minimum atomic E-state index is -0.655. The van der Waals surface area contributed by atoms with E-state index in [-0.39, 0.29) is 18.3 Å². The Morgan fingerprint density at radius 2 is 2.00 bits per heavy atom. The molecule has 0 spiro atoms. The fourth-order valence-corrected chi connectivity index (χ4v) is 2.24. The van der Waals surface area contributed by atoms with E-state index >= 15 is 0 Å². The second-order valence-corrected chi connectivity index (χ2v) is 5.68. The predicted octanol–water partition coefficient (Wildman–Crippen LogP) is 3.95. The van der Waals surface area contributed by atoms with Crippen molar-refractivity contribution in [3.05, 3.63) is 54.1 Å². The van der Waals surface area contributed by atoms with Gasteiger partial charge in [0.15, 0.2) is 6.61 Å². The Bertz CT molecular complexity index is 767. The summed E-state index contributed by atoms with van der Waals surface area (Å²) in [7, 11) is 0. The van der Waals surface area contributed by atoms with Gasteiger partial charge in [0.25, 0.3) is 5.91 Å². The van der Waals surface area contributed by atoms with Crippen LogP contribution in [0.3, 0.4) is 0 Å². The standard InChI is InChI=1S/C20H22FNO4/c1-2-3-6-13-22-19(23)14-25-20(24)12-10-15-9-11-18(26-15)16-7-4-5-8-17(16)21/h4-5,7-12H,2-3,6,13-14H2,1H3,(H,22,23)/b12-10+. The van der Waals surface area contributed by atoms with Crippen LogP contribution in [0.2, 0.25) is 0 Å². The molecule has 0 saturated carbocycles. The van der Waals surface area contributed by atoms with Crippen LogP contribution in [-0.4, -0.2) is 25.0 Å². The summed E-state index contributed by atoms with van der Waals surface area (Å²) < 4.78 is 24.1. The summed E-state index contributed by atoms with van der Waals surface area (Å²) in [6.07, 6.45) is 5.58. The fourth-order valence-electron chi connectivity index (χ4n) is 2.24. The number of amides is 1. The lowest BCUT2D eigenvalue weighted by atomic mass is 10.1. The monoisotopic (exact) mass is 359 g/mol. The fraction of sp³-hybridized carbons (Fsp3) is 0.300. The molecule has 138 valence electrons. The molecule has 1 heterocycles.